The lowest BCUT2D eigenvalue weighted by Gasteiger charge is -2.35. The van der Waals surface area contributed by atoms with Gasteiger partial charge in [-0.3, -0.25) is 14.5 Å². The smallest absolute Gasteiger partial charge is 0.260 e. The highest BCUT2D eigenvalue weighted by Crippen LogP contribution is 2.24. The highest BCUT2D eigenvalue weighted by Gasteiger charge is 2.24. The third kappa shape index (κ3) is 6.29. The van der Waals surface area contributed by atoms with Gasteiger partial charge in [0.2, 0.25) is 0 Å². The van der Waals surface area contributed by atoms with Gasteiger partial charge in [0.1, 0.15) is 11.5 Å². The summed E-state index contributed by atoms with van der Waals surface area (Å²) >= 11 is 0. The van der Waals surface area contributed by atoms with Crippen molar-refractivity contribution in [3.8, 4) is 11.5 Å². The van der Waals surface area contributed by atoms with Crippen molar-refractivity contribution in [1.29, 1.82) is 0 Å². The molecule has 1 heterocycles. The second-order valence-electron chi connectivity index (χ2n) is 7.52. The molecular formula is C24H30N2O5. The Balaban J connectivity index is 1.62. The number of morpholine rings is 1. The van der Waals surface area contributed by atoms with Crippen LogP contribution in [0.25, 0.3) is 0 Å². The van der Waals surface area contributed by atoms with E-state index in [-0.39, 0.29) is 17.7 Å². The summed E-state index contributed by atoms with van der Waals surface area (Å²) < 4.78 is 16.5. The van der Waals surface area contributed by atoms with Crippen molar-refractivity contribution in [3.63, 3.8) is 0 Å². The van der Waals surface area contributed by atoms with E-state index in [1.54, 1.807) is 38.3 Å². The van der Waals surface area contributed by atoms with Gasteiger partial charge in [-0.1, -0.05) is 12.1 Å². The predicted molar refractivity (Wildman–Crippen MR) is 118 cm³/mol. The maximum atomic E-state index is 12.7. The summed E-state index contributed by atoms with van der Waals surface area (Å²) in [6.07, 6.45) is -0.663. The molecule has 166 valence electrons. The highest BCUT2D eigenvalue weighted by atomic mass is 16.5. The van der Waals surface area contributed by atoms with Crippen molar-refractivity contribution < 1.29 is 23.8 Å². The van der Waals surface area contributed by atoms with Crippen LogP contribution in [0.2, 0.25) is 0 Å². The Morgan fingerprint density at radius 1 is 1.03 bits per heavy atom. The van der Waals surface area contributed by atoms with E-state index in [9.17, 15) is 9.59 Å². The average Bonchev–Trinajstić information content (AvgIpc) is 2.80. The molecule has 2 unspecified atom stereocenters. The Bertz CT molecular complexity index is 861. The fourth-order valence-corrected chi connectivity index (χ4v) is 3.54. The largest absolute Gasteiger partial charge is 0.497 e. The number of methoxy groups -OCH3 is 1. The quantitative estimate of drug-likeness (QED) is 0.622. The lowest BCUT2D eigenvalue weighted by atomic mass is 10.0. The van der Waals surface area contributed by atoms with Gasteiger partial charge in [-0.25, -0.2) is 0 Å². The molecular weight excluding hydrogens is 396 g/mol. The van der Waals surface area contributed by atoms with Gasteiger partial charge in [-0.15, -0.1) is 0 Å². The first-order valence-electron chi connectivity index (χ1n) is 10.5. The second-order valence-corrected chi connectivity index (χ2v) is 7.52. The van der Waals surface area contributed by atoms with E-state index in [1.165, 1.54) is 6.92 Å². The van der Waals surface area contributed by atoms with Crippen LogP contribution in [-0.2, 0) is 9.53 Å². The SMILES string of the molecule is COc1ccc(C(CNC(=O)C(C)Oc2ccc(C(C)=O)cc2)N2CCOCC2)cc1. The van der Waals surface area contributed by atoms with Crippen LogP contribution in [0.5, 0.6) is 11.5 Å². The molecule has 1 fully saturated rings. The Kier molecular flexibility index (Phi) is 8.03. The Morgan fingerprint density at radius 3 is 2.23 bits per heavy atom. The molecule has 0 saturated carbocycles. The molecule has 0 radical (unpaired) electrons. The van der Waals surface area contributed by atoms with Gasteiger partial charge in [0.15, 0.2) is 11.9 Å². The van der Waals surface area contributed by atoms with Gasteiger partial charge in [-0.2, -0.15) is 0 Å². The average molecular weight is 427 g/mol. The van der Waals surface area contributed by atoms with Gasteiger partial charge in [0.25, 0.3) is 5.91 Å². The standard InChI is InChI=1S/C24H30N2O5/c1-17(27)19-4-10-22(11-5-19)31-18(2)24(28)25-16-23(26-12-14-30-15-13-26)20-6-8-21(29-3)9-7-20/h4-11,18,23H,12-16H2,1-3H3,(H,25,28). The molecule has 7 heteroatoms. The number of amides is 1. The topological polar surface area (TPSA) is 77.1 Å². The van der Waals surface area contributed by atoms with E-state index >= 15 is 0 Å². The van der Waals surface area contributed by atoms with Crippen molar-refractivity contribution in [2.75, 3.05) is 40.0 Å². The second kappa shape index (κ2) is 10.9. The summed E-state index contributed by atoms with van der Waals surface area (Å²) in [6, 6.07) is 14.7. The minimum absolute atomic E-state index is 0.00923. The molecule has 0 aromatic heterocycles. The summed E-state index contributed by atoms with van der Waals surface area (Å²) in [7, 11) is 1.64. The van der Waals surface area contributed by atoms with Crippen molar-refractivity contribution >= 4 is 11.7 Å². The van der Waals surface area contributed by atoms with Crippen molar-refractivity contribution in [1.82, 2.24) is 10.2 Å². The van der Waals surface area contributed by atoms with Gasteiger partial charge in [-0.05, 0) is 55.8 Å². The number of ether oxygens (including phenoxy) is 3. The van der Waals surface area contributed by atoms with Crippen molar-refractivity contribution in [3.05, 3.63) is 59.7 Å². The zero-order valence-corrected chi connectivity index (χ0v) is 18.3. The normalized spacial score (nSPS) is 16.2. The fraction of sp³-hybridized carbons (Fsp3) is 0.417. The lowest BCUT2D eigenvalue weighted by Crippen LogP contribution is -2.45. The number of nitrogens with zero attached hydrogens (tertiary/aromatic N) is 1. The molecule has 0 spiro atoms. The number of benzene rings is 2. The number of rotatable bonds is 9. The van der Waals surface area contributed by atoms with Crippen molar-refractivity contribution in [2.24, 2.45) is 0 Å². The number of nitrogens with one attached hydrogen (secondary N) is 1. The number of Topliss-reactive ketones (excluding diaryl/α,β-unsaturated/α-hetero) is 1. The molecule has 1 aliphatic heterocycles. The number of ketones is 1. The van der Waals surface area contributed by atoms with Crippen LogP contribution >= 0.6 is 0 Å². The van der Waals surface area contributed by atoms with Crippen LogP contribution in [0.1, 0.15) is 35.8 Å². The van der Waals surface area contributed by atoms with Gasteiger partial charge in [0, 0.05) is 25.2 Å². The molecule has 1 N–H and O–H groups in total. The third-order valence-electron chi connectivity index (χ3n) is 5.40. The van der Waals surface area contributed by atoms with Crippen molar-refractivity contribution in [2.45, 2.75) is 26.0 Å². The minimum Gasteiger partial charge on any atom is -0.497 e. The Morgan fingerprint density at radius 2 is 1.65 bits per heavy atom. The molecule has 0 aliphatic carbocycles. The van der Waals surface area contributed by atoms with E-state index in [4.69, 9.17) is 14.2 Å². The molecule has 2 atom stereocenters. The first kappa shape index (κ1) is 22.8. The molecule has 0 bridgehead atoms. The van der Waals surface area contributed by atoms with Gasteiger partial charge < -0.3 is 19.5 Å². The first-order valence-corrected chi connectivity index (χ1v) is 10.5. The van der Waals surface area contributed by atoms with E-state index in [1.807, 2.05) is 24.3 Å². The number of carbonyl (C=O) groups excluding carboxylic acids is 2. The van der Waals surface area contributed by atoms with Crippen LogP contribution in [0, 0.1) is 0 Å². The summed E-state index contributed by atoms with van der Waals surface area (Å²) in [5, 5.41) is 3.02. The van der Waals surface area contributed by atoms with E-state index in [0.717, 1.165) is 24.4 Å². The molecule has 7 nitrogen and oxygen atoms in total. The van der Waals surface area contributed by atoms with E-state index in [0.29, 0.717) is 31.1 Å². The van der Waals surface area contributed by atoms with Crippen LogP contribution in [0.4, 0.5) is 0 Å². The number of hydrogen-bond acceptors (Lipinski definition) is 6. The Labute approximate surface area is 183 Å². The summed E-state index contributed by atoms with van der Waals surface area (Å²) in [5.41, 5.74) is 1.72. The maximum absolute atomic E-state index is 12.7. The zero-order chi connectivity index (χ0) is 22.2. The first-order chi connectivity index (χ1) is 15.0. The van der Waals surface area contributed by atoms with Crippen LogP contribution in [0.15, 0.2) is 48.5 Å². The van der Waals surface area contributed by atoms with Gasteiger partial charge >= 0.3 is 0 Å². The molecule has 1 saturated heterocycles. The number of hydrogen-bond donors (Lipinski definition) is 1. The number of carbonyl (C=O) groups is 2. The maximum Gasteiger partial charge on any atom is 0.260 e. The summed E-state index contributed by atoms with van der Waals surface area (Å²) in [6.45, 7) is 6.65. The van der Waals surface area contributed by atoms with Crippen LogP contribution in [0.3, 0.4) is 0 Å². The molecule has 31 heavy (non-hydrogen) atoms. The monoisotopic (exact) mass is 426 g/mol. The molecule has 1 aliphatic rings. The lowest BCUT2D eigenvalue weighted by molar-refractivity contribution is -0.127. The highest BCUT2D eigenvalue weighted by molar-refractivity contribution is 5.94. The molecule has 2 aromatic rings. The van der Waals surface area contributed by atoms with Gasteiger partial charge in [0.05, 0.1) is 26.4 Å². The summed E-state index contributed by atoms with van der Waals surface area (Å²) in [4.78, 5) is 26.4. The molecule has 3 rings (SSSR count). The summed E-state index contributed by atoms with van der Waals surface area (Å²) in [5.74, 6) is 1.14. The van der Waals surface area contributed by atoms with Crippen LogP contribution < -0.4 is 14.8 Å². The molecule has 2 aromatic carbocycles. The van der Waals surface area contributed by atoms with E-state index in [2.05, 4.69) is 10.2 Å². The minimum atomic E-state index is -0.663. The predicted octanol–water partition coefficient (Wildman–Crippen LogP) is 2.85. The third-order valence-corrected chi connectivity index (χ3v) is 5.40. The molecule has 1 amide bonds. The Hall–Kier alpha value is -2.90. The van der Waals surface area contributed by atoms with E-state index < -0.39 is 6.10 Å². The fourth-order valence-electron chi connectivity index (χ4n) is 3.54. The van der Waals surface area contributed by atoms with Crippen LogP contribution in [-0.4, -0.2) is 62.7 Å². The zero-order valence-electron chi connectivity index (χ0n) is 18.3.